The summed E-state index contributed by atoms with van der Waals surface area (Å²) in [5.41, 5.74) is 0. The predicted molar refractivity (Wildman–Crippen MR) is 56.2 cm³/mol. The van der Waals surface area contributed by atoms with Gasteiger partial charge >= 0.3 is 4.87 Å². The van der Waals surface area contributed by atoms with Crippen molar-refractivity contribution in [2.24, 2.45) is 0 Å². The van der Waals surface area contributed by atoms with Crippen LogP contribution in [0.1, 0.15) is 6.42 Å². The first-order valence-corrected chi connectivity index (χ1v) is 5.67. The van der Waals surface area contributed by atoms with Gasteiger partial charge in [-0.3, -0.25) is 14.3 Å². The average molecular weight is 232 g/mol. The molecule has 6 heteroatoms. The van der Waals surface area contributed by atoms with Crippen LogP contribution in [0.2, 0.25) is 0 Å². The highest BCUT2D eigenvalue weighted by molar-refractivity contribution is 7.07. The number of hydrogen-bond acceptors (Lipinski definition) is 4. The Kier molecular flexibility index (Phi) is 2.79. The van der Waals surface area contributed by atoms with E-state index in [1.807, 2.05) is 11.9 Å². The molecule has 15 heavy (non-hydrogen) atoms. The SMILES string of the molecule is CN1C[C@H](F)C[C@H]1Cn1c(O)csc1=O. The standard InChI is InChI=1S/C9H13FN2O2S/c1-11-3-6(10)2-7(11)4-12-8(13)5-15-9(12)14/h5-7,13H,2-4H2,1H3/t6-,7+/m1/s1. The Labute approximate surface area is 90.6 Å². The van der Waals surface area contributed by atoms with Gasteiger partial charge in [0.15, 0.2) is 0 Å². The molecule has 0 bridgehead atoms. The second-order valence-electron chi connectivity index (χ2n) is 3.90. The molecule has 1 aromatic rings. The second kappa shape index (κ2) is 3.94. The van der Waals surface area contributed by atoms with Gasteiger partial charge in [0.1, 0.15) is 6.17 Å². The van der Waals surface area contributed by atoms with Crippen molar-refractivity contribution in [1.82, 2.24) is 9.47 Å². The van der Waals surface area contributed by atoms with Gasteiger partial charge < -0.3 is 5.11 Å². The Balaban J connectivity index is 2.12. The zero-order chi connectivity index (χ0) is 11.0. The fourth-order valence-electron chi connectivity index (χ4n) is 1.93. The number of halogens is 1. The molecule has 0 unspecified atom stereocenters. The second-order valence-corrected chi connectivity index (χ2v) is 4.72. The molecule has 2 atom stereocenters. The maximum absolute atomic E-state index is 13.1. The molecule has 1 saturated heterocycles. The van der Waals surface area contributed by atoms with Crippen LogP contribution in [-0.2, 0) is 6.54 Å². The number of rotatable bonds is 2. The van der Waals surface area contributed by atoms with E-state index in [2.05, 4.69) is 0 Å². The summed E-state index contributed by atoms with van der Waals surface area (Å²) in [7, 11) is 1.83. The van der Waals surface area contributed by atoms with Gasteiger partial charge in [0.05, 0.1) is 5.38 Å². The maximum atomic E-state index is 13.1. The number of thiazole rings is 1. The van der Waals surface area contributed by atoms with Crippen LogP contribution in [0, 0.1) is 0 Å². The third-order valence-corrected chi connectivity index (χ3v) is 3.54. The summed E-state index contributed by atoms with van der Waals surface area (Å²) >= 11 is 0.962. The first-order chi connectivity index (χ1) is 7.08. The lowest BCUT2D eigenvalue weighted by atomic mass is 10.2. The lowest BCUT2D eigenvalue weighted by molar-refractivity contribution is 0.266. The minimum Gasteiger partial charge on any atom is -0.494 e. The Morgan fingerprint density at radius 2 is 2.47 bits per heavy atom. The third kappa shape index (κ3) is 2.05. The first kappa shape index (κ1) is 10.6. The Morgan fingerprint density at radius 1 is 1.73 bits per heavy atom. The molecule has 1 fully saturated rings. The largest absolute Gasteiger partial charge is 0.494 e. The van der Waals surface area contributed by atoms with E-state index in [0.29, 0.717) is 19.5 Å². The maximum Gasteiger partial charge on any atom is 0.310 e. The molecule has 0 amide bonds. The molecule has 4 nitrogen and oxygen atoms in total. The number of hydrogen-bond donors (Lipinski definition) is 1. The van der Waals surface area contributed by atoms with E-state index in [1.54, 1.807) is 0 Å². The van der Waals surface area contributed by atoms with Crippen LogP contribution >= 0.6 is 11.3 Å². The normalized spacial score (nSPS) is 27.3. The summed E-state index contributed by atoms with van der Waals surface area (Å²) in [5, 5.41) is 10.8. The molecule has 1 aliphatic rings. The topological polar surface area (TPSA) is 45.5 Å². The van der Waals surface area contributed by atoms with Crippen LogP contribution in [0.4, 0.5) is 4.39 Å². The van der Waals surface area contributed by atoms with Crippen LogP contribution in [0.15, 0.2) is 10.2 Å². The average Bonchev–Trinajstić information content (AvgIpc) is 2.63. The van der Waals surface area contributed by atoms with E-state index in [9.17, 15) is 14.3 Å². The van der Waals surface area contributed by atoms with Gasteiger partial charge in [0, 0.05) is 19.1 Å². The van der Waals surface area contributed by atoms with Crippen molar-refractivity contribution in [2.75, 3.05) is 13.6 Å². The van der Waals surface area contributed by atoms with Gasteiger partial charge in [-0.2, -0.15) is 0 Å². The molecular formula is C9H13FN2O2S. The summed E-state index contributed by atoms with van der Waals surface area (Å²) in [6, 6.07) is -0.00167. The van der Waals surface area contributed by atoms with Gasteiger partial charge in [-0.05, 0) is 13.5 Å². The predicted octanol–water partition coefficient (Wildman–Crippen LogP) is 0.658. The Hall–Kier alpha value is -0.880. The van der Waals surface area contributed by atoms with Gasteiger partial charge in [0.2, 0.25) is 5.88 Å². The summed E-state index contributed by atoms with van der Waals surface area (Å²) in [5.74, 6) is -0.0271. The minimum absolute atomic E-state index is 0.00167. The van der Waals surface area contributed by atoms with Gasteiger partial charge in [-0.25, -0.2) is 4.39 Å². The number of likely N-dealkylation sites (tertiary alicyclic amines) is 1. The molecule has 1 N–H and O–H groups in total. The van der Waals surface area contributed by atoms with E-state index >= 15 is 0 Å². The van der Waals surface area contributed by atoms with Crippen molar-refractivity contribution < 1.29 is 9.50 Å². The fourth-order valence-corrected chi connectivity index (χ4v) is 2.56. The highest BCUT2D eigenvalue weighted by Crippen LogP contribution is 2.21. The number of alkyl halides is 1. The molecular weight excluding hydrogens is 219 g/mol. The van der Waals surface area contributed by atoms with E-state index in [0.717, 1.165) is 11.3 Å². The summed E-state index contributed by atoms with van der Waals surface area (Å²) in [6.07, 6.45) is -0.394. The lowest BCUT2D eigenvalue weighted by Crippen LogP contribution is -2.31. The van der Waals surface area contributed by atoms with Crippen molar-refractivity contribution in [2.45, 2.75) is 25.2 Å². The van der Waals surface area contributed by atoms with E-state index in [4.69, 9.17) is 0 Å². The summed E-state index contributed by atoms with van der Waals surface area (Å²) in [6.45, 7) is 0.773. The van der Waals surface area contributed by atoms with Crippen LogP contribution in [0.5, 0.6) is 5.88 Å². The van der Waals surface area contributed by atoms with Crippen LogP contribution in [0.3, 0.4) is 0 Å². The molecule has 0 aromatic carbocycles. The molecule has 84 valence electrons. The van der Waals surface area contributed by atoms with E-state index in [1.165, 1.54) is 9.95 Å². The van der Waals surface area contributed by atoms with Crippen LogP contribution in [0.25, 0.3) is 0 Å². The number of aromatic nitrogens is 1. The summed E-state index contributed by atoms with van der Waals surface area (Å²) in [4.78, 5) is 13.0. The number of aromatic hydroxyl groups is 1. The van der Waals surface area contributed by atoms with Gasteiger partial charge in [-0.1, -0.05) is 11.3 Å². The summed E-state index contributed by atoms with van der Waals surface area (Å²) < 4.78 is 14.4. The van der Waals surface area contributed by atoms with Crippen molar-refractivity contribution in [3.8, 4) is 5.88 Å². The van der Waals surface area contributed by atoms with Crippen molar-refractivity contribution >= 4 is 11.3 Å². The first-order valence-electron chi connectivity index (χ1n) is 4.79. The molecule has 1 aromatic heterocycles. The molecule has 0 saturated carbocycles. The minimum atomic E-state index is -0.823. The lowest BCUT2D eigenvalue weighted by Gasteiger charge is -2.18. The zero-order valence-corrected chi connectivity index (χ0v) is 9.21. The molecule has 2 rings (SSSR count). The Bertz CT molecular complexity index is 403. The van der Waals surface area contributed by atoms with Crippen molar-refractivity contribution in [3.63, 3.8) is 0 Å². The van der Waals surface area contributed by atoms with Crippen molar-refractivity contribution in [1.29, 1.82) is 0 Å². The van der Waals surface area contributed by atoms with E-state index < -0.39 is 6.17 Å². The smallest absolute Gasteiger partial charge is 0.310 e. The number of nitrogens with zero attached hydrogens (tertiary/aromatic N) is 2. The van der Waals surface area contributed by atoms with Crippen LogP contribution in [-0.4, -0.2) is 40.4 Å². The number of likely N-dealkylation sites (N-methyl/N-ethyl adjacent to an activating group) is 1. The van der Waals surface area contributed by atoms with Gasteiger partial charge in [0.25, 0.3) is 0 Å². The monoisotopic (exact) mass is 232 g/mol. The molecule has 1 aliphatic heterocycles. The van der Waals surface area contributed by atoms with Gasteiger partial charge in [-0.15, -0.1) is 0 Å². The highest BCUT2D eigenvalue weighted by atomic mass is 32.1. The zero-order valence-electron chi connectivity index (χ0n) is 8.39. The third-order valence-electron chi connectivity index (χ3n) is 2.79. The van der Waals surface area contributed by atoms with E-state index in [-0.39, 0.29) is 16.8 Å². The molecule has 0 radical (unpaired) electrons. The molecule has 2 heterocycles. The highest BCUT2D eigenvalue weighted by Gasteiger charge is 2.30. The van der Waals surface area contributed by atoms with Crippen LogP contribution < -0.4 is 4.87 Å². The van der Waals surface area contributed by atoms with Crippen molar-refractivity contribution in [3.05, 3.63) is 15.0 Å². The Morgan fingerprint density at radius 3 is 2.93 bits per heavy atom. The molecule has 0 spiro atoms. The fraction of sp³-hybridized carbons (Fsp3) is 0.667. The quantitative estimate of drug-likeness (QED) is 0.814. The molecule has 0 aliphatic carbocycles.